The number of rotatable bonds is 7. The summed E-state index contributed by atoms with van der Waals surface area (Å²) in [5, 5.41) is 3.84. The average Bonchev–Trinajstić information content (AvgIpc) is 2.48. The van der Waals surface area contributed by atoms with E-state index >= 15 is 0 Å². The van der Waals surface area contributed by atoms with Crippen molar-refractivity contribution in [3.63, 3.8) is 0 Å². The van der Waals surface area contributed by atoms with Crippen molar-refractivity contribution in [3.05, 3.63) is 0 Å². The van der Waals surface area contributed by atoms with E-state index in [1.165, 1.54) is 77.2 Å². The van der Waals surface area contributed by atoms with Gasteiger partial charge in [-0.3, -0.25) is 0 Å². The lowest BCUT2D eigenvalue weighted by atomic mass is 9.73. The lowest BCUT2D eigenvalue weighted by molar-refractivity contribution is -0.122. The molecular formula is C18H35NO. The first kappa shape index (κ1) is 16.3. The Morgan fingerprint density at radius 2 is 1.95 bits per heavy atom. The molecule has 2 nitrogen and oxygen atoms in total. The fraction of sp³-hybridized carbons (Fsp3) is 1.00. The van der Waals surface area contributed by atoms with Crippen molar-refractivity contribution in [2.75, 3.05) is 13.2 Å². The number of nitrogens with one attached hydrogen (secondary N) is 1. The Hall–Kier alpha value is -0.0800. The van der Waals surface area contributed by atoms with Gasteiger partial charge in [-0.15, -0.1) is 0 Å². The van der Waals surface area contributed by atoms with E-state index in [-0.39, 0.29) is 5.60 Å². The first-order valence-corrected chi connectivity index (χ1v) is 9.17. The van der Waals surface area contributed by atoms with Crippen LogP contribution in [0.1, 0.15) is 84.5 Å². The Kier molecular flexibility index (Phi) is 6.83. The first-order valence-electron chi connectivity index (χ1n) is 9.17. The molecule has 0 aromatic heterocycles. The minimum Gasteiger partial charge on any atom is -0.375 e. The van der Waals surface area contributed by atoms with Crippen molar-refractivity contribution in [1.82, 2.24) is 5.32 Å². The molecular weight excluding hydrogens is 246 g/mol. The fourth-order valence-electron chi connectivity index (χ4n) is 4.21. The van der Waals surface area contributed by atoms with Gasteiger partial charge in [0.15, 0.2) is 0 Å². The molecule has 0 bridgehead atoms. The minimum absolute atomic E-state index is 0.263. The highest BCUT2D eigenvalue weighted by atomic mass is 16.5. The molecule has 1 heterocycles. The van der Waals surface area contributed by atoms with Gasteiger partial charge in [0.1, 0.15) is 0 Å². The molecule has 2 heteroatoms. The normalized spacial score (nSPS) is 27.6. The average molecular weight is 281 g/mol. The molecule has 1 saturated carbocycles. The van der Waals surface area contributed by atoms with Crippen molar-refractivity contribution < 1.29 is 4.74 Å². The molecule has 2 atom stereocenters. The summed E-state index contributed by atoms with van der Waals surface area (Å²) in [5.41, 5.74) is 0.263. The highest BCUT2D eigenvalue weighted by molar-refractivity contribution is 4.93. The first-order chi connectivity index (χ1) is 9.79. The zero-order valence-corrected chi connectivity index (χ0v) is 13.8. The third-order valence-electron chi connectivity index (χ3n) is 5.39. The maximum Gasteiger partial charge on any atom is 0.0685 e. The summed E-state index contributed by atoms with van der Waals surface area (Å²) < 4.78 is 6.27. The van der Waals surface area contributed by atoms with Gasteiger partial charge < -0.3 is 10.1 Å². The van der Waals surface area contributed by atoms with Crippen LogP contribution in [0, 0.1) is 5.92 Å². The number of hydrogen-bond acceptors (Lipinski definition) is 2. The van der Waals surface area contributed by atoms with Gasteiger partial charge in [-0.25, -0.2) is 0 Å². The van der Waals surface area contributed by atoms with Gasteiger partial charge in [0, 0.05) is 12.6 Å². The molecule has 20 heavy (non-hydrogen) atoms. The Morgan fingerprint density at radius 1 is 1.15 bits per heavy atom. The van der Waals surface area contributed by atoms with Gasteiger partial charge in [0.25, 0.3) is 0 Å². The molecule has 118 valence electrons. The van der Waals surface area contributed by atoms with E-state index in [9.17, 15) is 0 Å². The third-order valence-corrected chi connectivity index (χ3v) is 5.39. The second-order valence-electron chi connectivity index (χ2n) is 7.05. The third kappa shape index (κ3) is 4.46. The zero-order chi connectivity index (χ0) is 14.3. The van der Waals surface area contributed by atoms with Crippen molar-refractivity contribution >= 4 is 0 Å². The van der Waals surface area contributed by atoms with E-state index in [1.807, 2.05) is 0 Å². The van der Waals surface area contributed by atoms with Crippen molar-refractivity contribution in [2.24, 2.45) is 5.92 Å². The lowest BCUT2D eigenvalue weighted by Gasteiger charge is -2.45. The van der Waals surface area contributed by atoms with Crippen LogP contribution in [0.4, 0.5) is 0 Å². The molecule has 0 aromatic carbocycles. The van der Waals surface area contributed by atoms with E-state index in [0.29, 0.717) is 0 Å². The minimum atomic E-state index is 0.263. The molecule has 2 rings (SSSR count). The summed E-state index contributed by atoms with van der Waals surface area (Å²) in [7, 11) is 0. The summed E-state index contributed by atoms with van der Waals surface area (Å²) in [4.78, 5) is 0. The van der Waals surface area contributed by atoms with Gasteiger partial charge in [0.2, 0.25) is 0 Å². The molecule has 2 unspecified atom stereocenters. The van der Waals surface area contributed by atoms with Crippen LogP contribution in [0.2, 0.25) is 0 Å². The smallest absolute Gasteiger partial charge is 0.0685 e. The van der Waals surface area contributed by atoms with Gasteiger partial charge >= 0.3 is 0 Å². The van der Waals surface area contributed by atoms with Crippen LogP contribution >= 0.6 is 0 Å². The van der Waals surface area contributed by atoms with Crippen molar-refractivity contribution in [1.29, 1.82) is 0 Å². The standard InChI is InChI=1S/C18H35NO/c1-3-5-9-17(19-13-4-2)16-10-14-20-18(15-16)11-7-6-8-12-18/h16-17,19H,3-15H2,1-2H3. The molecule has 2 fully saturated rings. The fourth-order valence-corrected chi connectivity index (χ4v) is 4.21. The van der Waals surface area contributed by atoms with Gasteiger partial charge in [-0.2, -0.15) is 0 Å². The van der Waals surface area contributed by atoms with E-state index in [4.69, 9.17) is 4.74 Å². The van der Waals surface area contributed by atoms with Crippen LogP contribution in [0.15, 0.2) is 0 Å². The molecule has 1 N–H and O–H groups in total. The molecule has 0 aromatic rings. The Morgan fingerprint density at radius 3 is 2.65 bits per heavy atom. The van der Waals surface area contributed by atoms with E-state index in [1.54, 1.807) is 0 Å². The van der Waals surface area contributed by atoms with Gasteiger partial charge in [-0.05, 0) is 51.0 Å². The SMILES string of the molecule is CCCCC(NCCC)C1CCOC2(CCCCC2)C1. The predicted octanol–water partition coefficient (Wildman–Crippen LogP) is 4.67. The van der Waals surface area contributed by atoms with Crippen molar-refractivity contribution in [2.45, 2.75) is 96.1 Å². The molecule has 1 spiro atoms. The lowest BCUT2D eigenvalue weighted by Crippen LogP contribution is -2.47. The van der Waals surface area contributed by atoms with Crippen LogP contribution < -0.4 is 5.32 Å². The van der Waals surface area contributed by atoms with Gasteiger partial charge in [-0.1, -0.05) is 46.0 Å². The van der Waals surface area contributed by atoms with Crippen LogP contribution in [-0.4, -0.2) is 24.8 Å². The Bertz CT molecular complexity index is 247. The largest absolute Gasteiger partial charge is 0.375 e. The topological polar surface area (TPSA) is 21.3 Å². The summed E-state index contributed by atoms with van der Waals surface area (Å²) in [6.45, 7) is 6.76. The van der Waals surface area contributed by atoms with Gasteiger partial charge in [0.05, 0.1) is 5.60 Å². The summed E-state index contributed by atoms with van der Waals surface area (Å²) in [6.07, 6.45) is 14.7. The molecule has 1 aliphatic heterocycles. The summed E-state index contributed by atoms with van der Waals surface area (Å²) >= 11 is 0. The highest BCUT2D eigenvalue weighted by Crippen LogP contribution is 2.42. The summed E-state index contributed by atoms with van der Waals surface area (Å²) in [5.74, 6) is 0.847. The van der Waals surface area contributed by atoms with Crippen molar-refractivity contribution in [3.8, 4) is 0 Å². The zero-order valence-electron chi connectivity index (χ0n) is 13.8. The van der Waals surface area contributed by atoms with Crippen LogP contribution in [0.25, 0.3) is 0 Å². The van der Waals surface area contributed by atoms with Crippen LogP contribution in [-0.2, 0) is 4.74 Å². The molecule has 0 amide bonds. The second kappa shape index (κ2) is 8.38. The molecule has 1 aliphatic carbocycles. The van der Waals surface area contributed by atoms with Crippen LogP contribution in [0.3, 0.4) is 0 Å². The molecule has 1 saturated heterocycles. The maximum atomic E-state index is 6.27. The van der Waals surface area contributed by atoms with E-state index in [0.717, 1.165) is 18.6 Å². The monoisotopic (exact) mass is 281 g/mol. The Labute approximate surface area is 126 Å². The van der Waals surface area contributed by atoms with E-state index < -0.39 is 0 Å². The summed E-state index contributed by atoms with van der Waals surface area (Å²) in [6, 6.07) is 0.734. The number of ether oxygens (including phenoxy) is 1. The molecule has 0 radical (unpaired) electrons. The predicted molar refractivity (Wildman–Crippen MR) is 86.1 cm³/mol. The second-order valence-corrected chi connectivity index (χ2v) is 7.05. The Balaban J connectivity index is 1.92. The maximum absolute atomic E-state index is 6.27. The highest BCUT2D eigenvalue weighted by Gasteiger charge is 2.40. The quantitative estimate of drug-likeness (QED) is 0.732. The number of hydrogen-bond donors (Lipinski definition) is 1. The van der Waals surface area contributed by atoms with E-state index in [2.05, 4.69) is 19.2 Å². The number of unbranched alkanes of at least 4 members (excludes halogenated alkanes) is 1. The van der Waals surface area contributed by atoms with Crippen LogP contribution in [0.5, 0.6) is 0 Å². The molecule has 2 aliphatic rings.